The van der Waals surface area contributed by atoms with Crippen LogP contribution in [0.4, 0.5) is 0 Å². The first-order chi connectivity index (χ1) is 6.74. The summed E-state index contributed by atoms with van der Waals surface area (Å²) in [6, 6.07) is 10.6. The summed E-state index contributed by atoms with van der Waals surface area (Å²) < 4.78 is 0. The Kier molecular flexibility index (Phi) is 2.34. The average Bonchev–Trinajstić information content (AvgIpc) is 2.20. The molecule has 0 fully saturated rings. The number of rotatable bonds is 1. The molecule has 0 atom stereocenters. The molecule has 0 aliphatic heterocycles. The molecule has 0 nitrogen and oxygen atoms in total. The summed E-state index contributed by atoms with van der Waals surface area (Å²) in [6.45, 7) is 4.25. The van der Waals surface area contributed by atoms with Crippen molar-refractivity contribution in [2.45, 2.75) is 13.8 Å². The first-order valence-corrected chi connectivity index (χ1v) is 5.15. The number of aryl methyl sites for hydroxylation is 1. The summed E-state index contributed by atoms with van der Waals surface area (Å²) in [5.41, 5.74) is 3.79. The van der Waals surface area contributed by atoms with Crippen molar-refractivity contribution in [1.29, 1.82) is 0 Å². The second-order valence-electron chi connectivity index (χ2n) is 3.57. The Morgan fingerprint density at radius 2 is 1.86 bits per heavy atom. The zero-order valence-corrected chi connectivity index (χ0v) is 9.19. The van der Waals surface area contributed by atoms with Gasteiger partial charge in [0.15, 0.2) is 0 Å². The van der Waals surface area contributed by atoms with Gasteiger partial charge in [0.1, 0.15) is 0 Å². The van der Waals surface area contributed by atoms with Crippen LogP contribution in [-0.2, 0) is 0 Å². The van der Waals surface area contributed by atoms with E-state index in [-0.39, 0.29) is 0 Å². The fourth-order valence-electron chi connectivity index (χ4n) is 1.78. The highest BCUT2D eigenvalue weighted by Gasteiger charge is 2.04. The van der Waals surface area contributed by atoms with Crippen LogP contribution in [0.15, 0.2) is 30.3 Å². The van der Waals surface area contributed by atoms with Gasteiger partial charge in [-0.25, -0.2) is 0 Å². The van der Waals surface area contributed by atoms with Gasteiger partial charge in [-0.05, 0) is 41.3 Å². The molecule has 70 valence electrons. The standard InChI is InChI=1S/C13H12S/c1-9-7-11-5-3-4-6-12(11)13(8-14)10(9)2/h3-8H,1-2H3. The molecule has 0 radical (unpaired) electrons. The lowest BCUT2D eigenvalue weighted by atomic mass is 9.97. The van der Waals surface area contributed by atoms with Crippen LogP contribution in [0.3, 0.4) is 0 Å². The number of fused-ring (bicyclic) bond motifs is 1. The van der Waals surface area contributed by atoms with Gasteiger partial charge in [-0.1, -0.05) is 42.5 Å². The van der Waals surface area contributed by atoms with Gasteiger partial charge in [0.2, 0.25) is 0 Å². The van der Waals surface area contributed by atoms with Crippen molar-refractivity contribution in [2.75, 3.05) is 0 Å². The van der Waals surface area contributed by atoms with Gasteiger partial charge < -0.3 is 0 Å². The van der Waals surface area contributed by atoms with E-state index in [0.29, 0.717) is 0 Å². The lowest BCUT2D eigenvalue weighted by Crippen LogP contribution is -1.91. The normalized spacial score (nSPS) is 10.4. The van der Waals surface area contributed by atoms with E-state index in [1.807, 2.05) is 0 Å². The highest BCUT2D eigenvalue weighted by Crippen LogP contribution is 2.23. The summed E-state index contributed by atoms with van der Waals surface area (Å²) in [5, 5.41) is 4.31. The second-order valence-corrected chi connectivity index (χ2v) is 3.81. The van der Waals surface area contributed by atoms with Crippen LogP contribution < -0.4 is 0 Å². The molecule has 0 spiro atoms. The lowest BCUT2D eigenvalue weighted by molar-refractivity contribution is 1.36. The van der Waals surface area contributed by atoms with E-state index < -0.39 is 0 Å². The summed E-state index contributed by atoms with van der Waals surface area (Å²) in [7, 11) is 0. The van der Waals surface area contributed by atoms with E-state index in [1.165, 1.54) is 27.5 Å². The van der Waals surface area contributed by atoms with Crippen molar-refractivity contribution in [3.8, 4) is 0 Å². The smallest absolute Gasteiger partial charge is 0.00951 e. The number of thiocarbonyl (C=S) groups is 1. The molecule has 2 rings (SSSR count). The van der Waals surface area contributed by atoms with Crippen molar-refractivity contribution < 1.29 is 0 Å². The van der Waals surface area contributed by atoms with Gasteiger partial charge in [0, 0.05) is 5.37 Å². The Bertz CT molecular complexity index is 498. The fraction of sp³-hybridized carbons (Fsp3) is 0.154. The molecule has 0 bridgehead atoms. The lowest BCUT2D eigenvalue weighted by Gasteiger charge is -2.08. The molecule has 14 heavy (non-hydrogen) atoms. The predicted octanol–water partition coefficient (Wildman–Crippen LogP) is 3.80. The van der Waals surface area contributed by atoms with Gasteiger partial charge in [-0.2, -0.15) is 0 Å². The van der Waals surface area contributed by atoms with Gasteiger partial charge in [0.05, 0.1) is 0 Å². The van der Waals surface area contributed by atoms with Crippen molar-refractivity contribution in [3.63, 3.8) is 0 Å². The van der Waals surface area contributed by atoms with Crippen LogP contribution in [0, 0.1) is 13.8 Å². The largest absolute Gasteiger partial charge is 0.0880 e. The number of benzene rings is 2. The molecule has 0 aromatic heterocycles. The molecule has 0 unspecified atom stereocenters. The average molecular weight is 200 g/mol. The molecule has 0 saturated carbocycles. The van der Waals surface area contributed by atoms with Crippen LogP contribution in [0.5, 0.6) is 0 Å². The predicted molar refractivity (Wildman–Crippen MR) is 66.2 cm³/mol. The molecule has 0 amide bonds. The maximum Gasteiger partial charge on any atom is 0.00951 e. The highest BCUT2D eigenvalue weighted by atomic mass is 32.1. The molecule has 0 aliphatic rings. The maximum atomic E-state index is 5.07. The van der Waals surface area contributed by atoms with Crippen LogP contribution in [0.1, 0.15) is 16.7 Å². The summed E-state index contributed by atoms with van der Waals surface area (Å²) >= 11 is 5.07. The Morgan fingerprint density at radius 3 is 2.57 bits per heavy atom. The zero-order chi connectivity index (χ0) is 10.1. The van der Waals surface area contributed by atoms with Crippen LogP contribution >= 0.6 is 12.2 Å². The van der Waals surface area contributed by atoms with Gasteiger partial charge >= 0.3 is 0 Å². The molecule has 0 saturated heterocycles. The van der Waals surface area contributed by atoms with Gasteiger partial charge in [0.25, 0.3) is 0 Å². The zero-order valence-electron chi connectivity index (χ0n) is 8.37. The monoisotopic (exact) mass is 200 g/mol. The molecule has 0 N–H and O–H groups in total. The molecule has 2 aromatic rings. The maximum absolute atomic E-state index is 5.07. The van der Waals surface area contributed by atoms with Crippen molar-refractivity contribution in [2.24, 2.45) is 0 Å². The minimum atomic E-state index is 1.19. The van der Waals surface area contributed by atoms with Crippen molar-refractivity contribution in [3.05, 3.63) is 47.0 Å². The van der Waals surface area contributed by atoms with Crippen LogP contribution in [0.2, 0.25) is 0 Å². The third-order valence-electron chi connectivity index (χ3n) is 2.74. The van der Waals surface area contributed by atoms with E-state index in [0.717, 1.165) is 0 Å². The Balaban J connectivity index is 2.96. The molecule has 0 aliphatic carbocycles. The van der Waals surface area contributed by atoms with Gasteiger partial charge in [-0.3, -0.25) is 0 Å². The van der Waals surface area contributed by atoms with E-state index >= 15 is 0 Å². The van der Waals surface area contributed by atoms with E-state index in [1.54, 1.807) is 5.37 Å². The third-order valence-corrected chi connectivity index (χ3v) is 2.97. The summed E-state index contributed by atoms with van der Waals surface area (Å²) in [6.07, 6.45) is 0. The number of hydrogen-bond acceptors (Lipinski definition) is 1. The van der Waals surface area contributed by atoms with Crippen LogP contribution in [0.25, 0.3) is 10.8 Å². The molecular formula is C13H12S. The SMILES string of the molecule is Cc1cc2ccccc2c(C=S)c1C. The summed E-state index contributed by atoms with van der Waals surface area (Å²) in [5.74, 6) is 0. The highest BCUT2D eigenvalue weighted by molar-refractivity contribution is 7.79. The first-order valence-electron chi connectivity index (χ1n) is 4.68. The van der Waals surface area contributed by atoms with Crippen molar-refractivity contribution >= 4 is 28.4 Å². The molecule has 2 aromatic carbocycles. The molecule has 1 heteroatoms. The Hall–Kier alpha value is -1.21. The van der Waals surface area contributed by atoms with Gasteiger partial charge in [-0.15, -0.1) is 0 Å². The quantitative estimate of drug-likeness (QED) is 0.631. The minimum absolute atomic E-state index is 1.19. The van der Waals surface area contributed by atoms with E-state index in [2.05, 4.69) is 44.2 Å². The Morgan fingerprint density at radius 1 is 1.14 bits per heavy atom. The van der Waals surface area contributed by atoms with Crippen LogP contribution in [-0.4, -0.2) is 5.37 Å². The molecule has 0 heterocycles. The molecular weight excluding hydrogens is 188 g/mol. The first kappa shape index (κ1) is 9.35. The third kappa shape index (κ3) is 1.34. The Labute approximate surface area is 89.6 Å². The topological polar surface area (TPSA) is 0 Å². The summed E-state index contributed by atoms with van der Waals surface area (Å²) in [4.78, 5) is 0. The van der Waals surface area contributed by atoms with E-state index in [9.17, 15) is 0 Å². The van der Waals surface area contributed by atoms with E-state index in [4.69, 9.17) is 12.2 Å². The fourth-order valence-corrected chi connectivity index (χ4v) is 2.08. The second kappa shape index (κ2) is 3.50. The minimum Gasteiger partial charge on any atom is -0.0880 e. The number of hydrogen-bond donors (Lipinski definition) is 0. The van der Waals surface area contributed by atoms with Crippen molar-refractivity contribution in [1.82, 2.24) is 0 Å².